The molecule has 0 N–H and O–H groups in total. The molecule has 0 unspecified atom stereocenters. The quantitative estimate of drug-likeness (QED) is 0.542. The molecule has 0 saturated heterocycles. The van der Waals surface area contributed by atoms with Crippen molar-refractivity contribution in [2.24, 2.45) is 0 Å². The Morgan fingerprint density at radius 2 is 1.57 bits per heavy atom. The van der Waals surface area contributed by atoms with Gasteiger partial charge in [0, 0.05) is 0 Å². The van der Waals surface area contributed by atoms with Crippen LogP contribution in [0.1, 0.15) is 64.2 Å². The third-order valence-corrected chi connectivity index (χ3v) is 6.26. The predicted molar refractivity (Wildman–Crippen MR) is 76.6 cm³/mol. The molecule has 3 heterocycles. The number of ether oxygens (including phenoxy) is 2. The van der Waals surface area contributed by atoms with E-state index in [0.29, 0.717) is 0 Å². The first-order valence-corrected chi connectivity index (χ1v) is 8.70. The van der Waals surface area contributed by atoms with Gasteiger partial charge in [-0.3, -0.25) is 0 Å². The van der Waals surface area contributed by atoms with E-state index >= 15 is 0 Å². The fourth-order valence-corrected chi connectivity index (χ4v) is 4.97. The van der Waals surface area contributed by atoms with Crippen molar-refractivity contribution in [1.82, 2.24) is 4.57 Å². The maximum atomic E-state index is 6.09. The van der Waals surface area contributed by atoms with Gasteiger partial charge in [0.05, 0.1) is 0 Å². The minimum Gasteiger partial charge on any atom is -0.518 e. The van der Waals surface area contributed by atoms with Crippen LogP contribution in [0.4, 0.5) is 0 Å². The molecule has 2 aliphatic heterocycles. The molecule has 4 heteroatoms. The van der Waals surface area contributed by atoms with Gasteiger partial charge < -0.3 is 18.6 Å². The highest BCUT2D eigenvalue weighted by atomic mass is 16.5. The summed E-state index contributed by atoms with van der Waals surface area (Å²) >= 11 is 0. The van der Waals surface area contributed by atoms with E-state index in [1.54, 1.807) is 0 Å². The number of rotatable bonds is 0. The van der Waals surface area contributed by atoms with Gasteiger partial charge in [0.2, 0.25) is 18.1 Å². The fraction of sp³-hybridized carbons (Fsp3) is 0.824. The molecule has 2 spiro atoms. The standard InChI is InChI=1S/C17H24N2O2/c1-3-7-16(8-4-1)11-20-14-15-19(13-18(14)16)17(12-21-15)9-5-2-6-10-17/h1-12H2. The zero-order valence-electron chi connectivity index (χ0n) is 12.7. The minimum absolute atomic E-state index is 0.171. The highest BCUT2D eigenvalue weighted by Crippen LogP contribution is 2.48. The minimum atomic E-state index is 0.171. The zero-order chi connectivity index (χ0) is 13.9. The molecule has 0 bridgehead atoms. The molecule has 0 atom stereocenters. The molecule has 4 aliphatic rings. The summed E-state index contributed by atoms with van der Waals surface area (Å²) in [7, 11) is 0. The van der Waals surface area contributed by atoms with E-state index in [4.69, 9.17) is 9.47 Å². The first-order valence-electron chi connectivity index (χ1n) is 8.70. The van der Waals surface area contributed by atoms with Gasteiger partial charge in [-0.1, -0.05) is 12.8 Å². The summed E-state index contributed by atoms with van der Waals surface area (Å²) in [6.45, 7) is 1.64. The van der Waals surface area contributed by atoms with Gasteiger partial charge >= 0.3 is 0 Å². The average molecular weight is 288 g/mol. The van der Waals surface area contributed by atoms with Crippen LogP contribution in [0, 0.1) is 6.33 Å². The average Bonchev–Trinajstić information content (AvgIpc) is 3.16. The monoisotopic (exact) mass is 288 g/mol. The fourth-order valence-electron chi connectivity index (χ4n) is 4.97. The van der Waals surface area contributed by atoms with Crippen LogP contribution in [0.3, 0.4) is 0 Å². The second kappa shape index (κ2) is 4.17. The zero-order valence-corrected chi connectivity index (χ0v) is 12.7. The van der Waals surface area contributed by atoms with E-state index in [9.17, 15) is 0 Å². The van der Waals surface area contributed by atoms with Crippen molar-refractivity contribution in [1.29, 1.82) is 0 Å². The Hall–Kier alpha value is -1.19. The molecule has 2 fully saturated rings. The van der Waals surface area contributed by atoms with Crippen LogP contribution in [0.2, 0.25) is 0 Å². The summed E-state index contributed by atoms with van der Waals surface area (Å²) in [5.74, 6) is 1.92. The van der Waals surface area contributed by atoms with Crippen molar-refractivity contribution in [3.05, 3.63) is 6.33 Å². The Bertz CT molecular complexity index is 517. The molecule has 1 aromatic heterocycles. The van der Waals surface area contributed by atoms with Crippen LogP contribution in [-0.4, -0.2) is 17.8 Å². The molecule has 2 aliphatic carbocycles. The topological polar surface area (TPSA) is 27.3 Å². The van der Waals surface area contributed by atoms with Gasteiger partial charge in [0.1, 0.15) is 24.3 Å². The van der Waals surface area contributed by atoms with Crippen LogP contribution in [0.15, 0.2) is 0 Å². The molecule has 0 aromatic carbocycles. The summed E-state index contributed by atoms with van der Waals surface area (Å²) in [5.41, 5.74) is 0.342. The first-order chi connectivity index (χ1) is 10.3. The van der Waals surface area contributed by atoms with Gasteiger partial charge in [0.15, 0.2) is 0 Å². The van der Waals surface area contributed by atoms with Crippen LogP contribution in [0.5, 0.6) is 11.8 Å². The molecular weight excluding hydrogens is 264 g/mol. The van der Waals surface area contributed by atoms with E-state index in [2.05, 4.69) is 15.5 Å². The van der Waals surface area contributed by atoms with Crippen LogP contribution >= 0.6 is 0 Å². The number of aromatic nitrogens is 2. The van der Waals surface area contributed by atoms with E-state index in [0.717, 1.165) is 25.0 Å². The van der Waals surface area contributed by atoms with Gasteiger partial charge in [-0.05, 0) is 51.4 Å². The van der Waals surface area contributed by atoms with Gasteiger partial charge in [-0.15, -0.1) is 0 Å². The van der Waals surface area contributed by atoms with E-state index in [-0.39, 0.29) is 11.1 Å². The highest BCUT2D eigenvalue weighted by Gasteiger charge is 2.50. The second-order valence-electron chi connectivity index (χ2n) is 7.53. The van der Waals surface area contributed by atoms with Gasteiger partial charge in [-0.25, -0.2) is 0 Å². The summed E-state index contributed by atoms with van der Waals surface area (Å²) in [4.78, 5) is 0. The third-order valence-electron chi connectivity index (χ3n) is 6.26. The van der Waals surface area contributed by atoms with E-state index < -0.39 is 0 Å². The molecule has 5 rings (SSSR count). The normalized spacial score (nSPS) is 28.2. The lowest BCUT2D eigenvalue weighted by molar-refractivity contribution is -0.753. The summed E-state index contributed by atoms with van der Waals surface area (Å²) < 4.78 is 16.8. The molecule has 4 nitrogen and oxygen atoms in total. The van der Waals surface area contributed by atoms with Gasteiger partial charge in [0.25, 0.3) is 0 Å². The molecule has 21 heavy (non-hydrogen) atoms. The van der Waals surface area contributed by atoms with Gasteiger partial charge in [-0.2, -0.15) is 0 Å². The molecule has 0 radical (unpaired) electrons. The number of nitrogens with zero attached hydrogens (tertiary/aromatic N) is 2. The Morgan fingerprint density at radius 3 is 2.33 bits per heavy atom. The lowest BCUT2D eigenvalue weighted by atomic mass is 9.82. The summed E-state index contributed by atoms with van der Waals surface area (Å²) in [6, 6.07) is 0. The number of imidazole rings is 1. The molecular formula is C17H24N2O2. The lowest BCUT2D eigenvalue weighted by Crippen LogP contribution is -2.55. The first kappa shape index (κ1) is 12.4. The molecule has 1 aromatic rings. The third kappa shape index (κ3) is 1.54. The maximum Gasteiger partial charge on any atom is 0.210 e. The van der Waals surface area contributed by atoms with E-state index in [1.807, 2.05) is 0 Å². The van der Waals surface area contributed by atoms with Crippen molar-refractivity contribution < 1.29 is 14.0 Å². The smallest absolute Gasteiger partial charge is 0.210 e. The van der Waals surface area contributed by atoms with Crippen molar-refractivity contribution >= 4 is 0 Å². The van der Waals surface area contributed by atoms with Crippen molar-refractivity contribution in [3.63, 3.8) is 0 Å². The molecule has 114 valence electrons. The Kier molecular flexibility index (Phi) is 2.46. The largest absolute Gasteiger partial charge is 0.518 e. The second-order valence-corrected chi connectivity index (χ2v) is 7.53. The van der Waals surface area contributed by atoms with Crippen molar-refractivity contribution in [2.75, 3.05) is 13.2 Å². The predicted octanol–water partition coefficient (Wildman–Crippen LogP) is 2.68. The Morgan fingerprint density at radius 1 is 0.857 bits per heavy atom. The van der Waals surface area contributed by atoms with Crippen LogP contribution in [0.25, 0.3) is 0 Å². The Balaban J connectivity index is 1.58. The number of hydrogen-bond acceptors (Lipinski definition) is 2. The maximum absolute atomic E-state index is 6.09. The van der Waals surface area contributed by atoms with Crippen LogP contribution < -0.4 is 14.0 Å². The van der Waals surface area contributed by atoms with Crippen LogP contribution in [-0.2, 0) is 11.1 Å². The number of hydrogen-bond donors (Lipinski definition) is 0. The SMILES string of the molecule is [c-]1n2c(c3[n+]1C1(CCCCC1)CO3)OCC21CCCCC1. The Labute approximate surface area is 126 Å². The molecule has 0 amide bonds. The van der Waals surface area contributed by atoms with Crippen molar-refractivity contribution in [3.8, 4) is 11.8 Å². The summed E-state index contributed by atoms with van der Waals surface area (Å²) in [5, 5.41) is 0. The van der Waals surface area contributed by atoms with Crippen molar-refractivity contribution in [2.45, 2.75) is 75.3 Å². The summed E-state index contributed by atoms with van der Waals surface area (Å²) in [6.07, 6.45) is 16.6. The number of fused-ring (bicyclic) bond motifs is 5. The lowest BCUT2D eigenvalue weighted by Gasteiger charge is -2.33. The highest BCUT2D eigenvalue weighted by molar-refractivity contribution is 5.29. The van der Waals surface area contributed by atoms with E-state index in [1.165, 1.54) is 64.2 Å². The molecule has 2 saturated carbocycles.